The van der Waals surface area contributed by atoms with E-state index in [0.29, 0.717) is 0 Å². The predicted octanol–water partition coefficient (Wildman–Crippen LogP) is -9.71. The Balaban J connectivity index is 1.38. The molecule has 21 heteroatoms. The highest BCUT2D eigenvalue weighted by atomic mass is 16.7. The van der Waals surface area contributed by atoms with Gasteiger partial charge in [-0.25, -0.2) is 0 Å². The number of aliphatic hydroxyl groups is 14. The van der Waals surface area contributed by atoms with Crippen molar-refractivity contribution in [3.8, 4) is 0 Å². The van der Waals surface area contributed by atoms with Gasteiger partial charge in [0.2, 0.25) is 0 Å². The topological polar surface area (TPSA) is 348 Å². The molecule has 3 heterocycles. The first kappa shape index (κ1) is 38.0. The minimum atomic E-state index is -1.96. The minimum Gasteiger partial charge on any atom is -0.394 e. The number of aliphatic hydroxyl groups excluding tert-OH is 14. The smallest absolute Gasteiger partial charge is 0.187 e. The van der Waals surface area contributed by atoms with Crippen LogP contribution in [0.1, 0.15) is 0 Å². The molecule has 1 saturated carbocycles. The van der Waals surface area contributed by atoms with Crippen molar-refractivity contribution in [3.05, 3.63) is 0 Å². The van der Waals surface area contributed by atoms with Gasteiger partial charge in [0.15, 0.2) is 18.9 Å². The minimum absolute atomic E-state index is 0.647. The van der Waals surface area contributed by atoms with Gasteiger partial charge in [0.1, 0.15) is 110 Å². The Kier molecular flexibility index (Phi) is 13.0. The monoisotopic (exact) mass is 680 g/mol. The lowest BCUT2D eigenvalue weighted by Gasteiger charge is -2.47. The fourth-order valence-corrected chi connectivity index (χ4v) is 5.72. The van der Waals surface area contributed by atoms with Crippen molar-refractivity contribution in [2.75, 3.05) is 26.9 Å². The van der Waals surface area contributed by atoms with Gasteiger partial charge in [0, 0.05) is 7.11 Å². The molecule has 1 aliphatic carbocycles. The van der Waals surface area contributed by atoms with E-state index in [9.17, 15) is 71.5 Å². The summed E-state index contributed by atoms with van der Waals surface area (Å²) in [4.78, 5) is 0. The predicted molar refractivity (Wildman–Crippen MR) is 139 cm³/mol. The first-order chi connectivity index (χ1) is 21.6. The van der Waals surface area contributed by atoms with Gasteiger partial charge in [0.25, 0.3) is 0 Å². The van der Waals surface area contributed by atoms with Gasteiger partial charge in [-0.3, -0.25) is 0 Å². The van der Waals surface area contributed by atoms with E-state index < -0.39 is 149 Å². The van der Waals surface area contributed by atoms with Gasteiger partial charge in [-0.1, -0.05) is 0 Å². The highest BCUT2D eigenvalue weighted by Gasteiger charge is 2.54. The maximum atomic E-state index is 10.5. The van der Waals surface area contributed by atoms with Crippen LogP contribution in [0, 0.1) is 0 Å². The number of rotatable bonds is 10. The molecule has 0 spiro atoms. The van der Waals surface area contributed by atoms with Crippen molar-refractivity contribution < 1.29 is 105 Å². The lowest BCUT2D eigenvalue weighted by molar-refractivity contribution is -0.355. The van der Waals surface area contributed by atoms with Crippen LogP contribution in [0.5, 0.6) is 0 Å². The number of methoxy groups -OCH3 is 1. The molecule has 3 saturated heterocycles. The number of hydrogen-bond donors (Lipinski definition) is 14. The van der Waals surface area contributed by atoms with E-state index in [1.54, 1.807) is 0 Å². The summed E-state index contributed by atoms with van der Waals surface area (Å²) in [6.45, 7) is -2.11. The van der Waals surface area contributed by atoms with Crippen LogP contribution < -0.4 is 0 Å². The molecule has 46 heavy (non-hydrogen) atoms. The molecule has 21 atom stereocenters. The third-order valence-electron chi connectivity index (χ3n) is 8.64. The van der Waals surface area contributed by atoms with E-state index in [2.05, 4.69) is 0 Å². The fraction of sp³-hybridized carbons (Fsp3) is 1.00. The molecule has 3 aliphatic heterocycles. The molecule has 270 valence electrons. The van der Waals surface area contributed by atoms with Gasteiger partial charge in [0.05, 0.1) is 19.8 Å². The highest BCUT2D eigenvalue weighted by molar-refractivity contribution is 5.01. The van der Waals surface area contributed by atoms with Gasteiger partial charge < -0.3 is 105 Å². The Morgan fingerprint density at radius 2 is 0.783 bits per heavy atom. The fourth-order valence-electron chi connectivity index (χ4n) is 5.72. The van der Waals surface area contributed by atoms with Crippen LogP contribution in [-0.2, 0) is 33.2 Å². The van der Waals surface area contributed by atoms with Crippen molar-refractivity contribution in [1.82, 2.24) is 0 Å². The second kappa shape index (κ2) is 15.8. The Morgan fingerprint density at radius 1 is 0.413 bits per heavy atom. The molecule has 0 aromatic carbocycles. The molecule has 0 aromatic rings. The molecule has 0 radical (unpaired) electrons. The van der Waals surface area contributed by atoms with Crippen molar-refractivity contribution >= 4 is 0 Å². The Bertz CT molecular complexity index is 947. The van der Waals surface area contributed by atoms with Crippen LogP contribution in [0.3, 0.4) is 0 Å². The van der Waals surface area contributed by atoms with Gasteiger partial charge in [-0.2, -0.15) is 0 Å². The van der Waals surface area contributed by atoms with E-state index in [-0.39, 0.29) is 0 Å². The lowest BCUT2D eigenvalue weighted by atomic mass is 9.84. The molecule has 4 fully saturated rings. The average Bonchev–Trinajstić information content (AvgIpc) is 3.04. The van der Waals surface area contributed by atoms with Gasteiger partial charge in [-0.05, 0) is 0 Å². The van der Waals surface area contributed by atoms with Crippen LogP contribution in [0.15, 0.2) is 0 Å². The summed E-state index contributed by atoms with van der Waals surface area (Å²) in [6, 6.07) is 0. The van der Waals surface area contributed by atoms with Crippen LogP contribution in [0.25, 0.3) is 0 Å². The van der Waals surface area contributed by atoms with E-state index in [0.717, 1.165) is 7.11 Å². The van der Waals surface area contributed by atoms with Crippen LogP contribution in [-0.4, -0.2) is 227 Å². The third-order valence-corrected chi connectivity index (χ3v) is 8.64. The first-order valence-electron chi connectivity index (χ1n) is 14.5. The molecule has 4 rings (SSSR count). The van der Waals surface area contributed by atoms with E-state index in [1.807, 2.05) is 0 Å². The average molecular weight is 681 g/mol. The molecule has 21 unspecified atom stereocenters. The zero-order valence-electron chi connectivity index (χ0n) is 24.4. The van der Waals surface area contributed by atoms with Gasteiger partial charge in [-0.15, -0.1) is 0 Å². The summed E-state index contributed by atoms with van der Waals surface area (Å²) in [5.41, 5.74) is 0. The Hall–Kier alpha value is -0.840. The number of ether oxygens (including phenoxy) is 7. The van der Waals surface area contributed by atoms with Crippen LogP contribution in [0.4, 0.5) is 0 Å². The van der Waals surface area contributed by atoms with E-state index in [4.69, 9.17) is 33.2 Å². The van der Waals surface area contributed by atoms with Crippen molar-refractivity contribution in [2.24, 2.45) is 0 Å². The quantitative estimate of drug-likeness (QED) is 0.102. The second-order valence-electron chi connectivity index (χ2n) is 11.7. The normalized spacial score (nSPS) is 53.7. The molecule has 14 N–H and O–H groups in total. The summed E-state index contributed by atoms with van der Waals surface area (Å²) >= 11 is 0. The van der Waals surface area contributed by atoms with Crippen LogP contribution >= 0.6 is 0 Å². The van der Waals surface area contributed by atoms with Crippen molar-refractivity contribution in [1.29, 1.82) is 0 Å². The molecule has 0 amide bonds. The summed E-state index contributed by atoms with van der Waals surface area (Å²) in [6.07, 6.45) is -36.5. The van der Waals surface area contributed by atoms with E-state index in [1.165, 1.54) is 0 Å². The van der Waals surface area contributed by atoms with Crippen molar-refractivity contribution in [2.45, 2.75) is 129 Å². The largest absolute Gasteiger partial charge is 0.394 e. The first-order valence-corrected chi connectivity index (χ1v) is 14.5. The zero-order chi connectivity index (χ0) is 34.2. The van der Waals surface area contributed by atoms with Crippen molar-refractivity contribution in [3.63, 3.8) is 0 Å². The molecule has 21 nitrogen and oxygen atoms in total. The number of hydrogen-bond acceptors (Lipinski definition) is 21. The molecule has 0 bridgehead atoms. The maximum Gasteiger partial charge on any atom is 0.187 e. The van der Waals surface area contributed by atoms with E-state index >= 15 is 0 Å². The third kappa shape index (κ3) is 7.50. The van der Waals surface area contributed by atoms with Crippen LogP contribution in [0.2, 0.25) is 0 Å². The Morgan fingerprint density at radius 3 is 1.24 bits per heavy atom. The lowest BCUT2D eigenvalue weighted by Crippen LogP contribution is -2.67. The summed E-state index contributed by atoms with van der Waals surface area (Å²) < 4.78 is 37.4. The second-order valence-corrected chi connectivity index (χ2v) is 11.7. The molecular weight excluding hydrogens is 636 g/mol. The molecule has 4 aliphatic rings. The summed E-state index contributed by atoms with van der Waals surface area (Å²) in [5, 5.41) is 143. The zero-order valence-corrected chi connectivity index (χ0v) is 24.4. The summed E-state index contributed by atoms with van der Waals surface area (Å²) in [5.74, 6) is 0. The SMILES string of the molecule is COC1C(O)C(O)C(O)C(OC2OC(COC3OC(COC4OC(CO)C(O)C(O)C4O)C(O)C(O)C3O)C(O)C(O)C2O)C1O. The standard InChI is InChI=1S/C25H44O21/c1-40-21-15(34)14(33)16(35)22(20(21)39)46-25-19(38)13(32)10(29)7(45-25)4-42-24-18(37)12(31)9(28)6(44-24)3-41-23-17(36)11(30)8(27)5(2-26)43-23/h5-39H,2-4H2,1H3. The molecular formula is C25H44O21. The highest BCUT2D eigenvalue weighted by Crippen LogP contribution is 2.31. The Labute approximate surface area is 260 Å². The molecule has 0 aromatic heterocycles. The summed E-state index contributed by atoms with van der Waals surface area (Å²) in [7, 11) is 1.11. The maximum absolute atomic E-state index is 10.5. The van der Waals surface area contributed by atoms with Gasteiger partial charge >= 0.3 is 0 Å².